The van der Waals surface area contributed by atoms with E-state index in [4.69, 9.17) is 9.47 Å². The van der Waals surface area contributed by atoms with E-state index in [1.165, 1.54) is 4.90 Å². The number of hydrogen-bond acceptors (Lipinski definition) is 5. The lowest BCUT2D eigenvalue weighted by Gasteiger charge is -2.38. The Morgan fingerprint density at radius 2 is 1.69 bits per heavy atom. The van der Waals surface area contributed by atoms with Crippen LogP contribution in [0.1, 0.15) is 80.6 Å². The first-order chi connectivity index (χ1) is 18.5. The van der Waals surface area contributed by atoms with E-state index in [2.05, 4.69) is 11.9 Å². The lowest BCUT2D eigenvalue weighted by Crippen LogP contribution is -2.46. The highest BCUT2D eigenvalue weighted by Gasteiger charge is 2.40. The van der Waals surface area contributed by atoms with E-state index < -0.39 is 46.5 Å². The van der Waals surface area contributed by atoms with E-state index in [0.29, 0.717) is 31.6 Å². The highest BCUT2D eigenvalue weighted by Crippen LogP contribution is 2.44. The SMILES string of the molecule is COc1ccnc(Oc2cc(C(=O)O)c(N(C(=O)C3CCC(C)CC3)C3CCCCC3)cc2F)c1C(F)(F)F. The lowest BCUT2D eigenvalue weighted by atomic mass is 9.81. The molecule has 0 aliphatic heterocycles. The number of anilines is 1. The Kier molecular flexibility index (Phi) is 8.66. The fourth-order valence-electron chi connectivity index (χ4n) is 5.57. The maximum atomic E-state index is 15.5. The van der Waals surface area contributed by atoms with Crippen molar-refractivity contribution >= 4 is 17.6 Å². The minimum Gasteiger partial charge on any atom is -0.496 e. The largest absolute Gasteiger partial charge is 0.496 e. The van der Waals surface area contributed by atoms with Gasteiger partial charge in [-0.1, -0.05) is 26.2 Å². The van der Waals surface area contributed by atoms with Crippen molar-refractivity contribution in [3.8, 4) is 17.4 Å². The van der Waals surface area contributed by atoms with Crippen molar-refractivity contribution in [1.82, 2.24) is 4.98 Å². The molecule has 2 saturated carbocycles. The Morgan fingerprint density at radius 1 is 1.03 bits per heavy atom. The van der Waals surface area contributed by atoms with Crippen molar-refractivity contribution in [2.24, 2.45) is 11.8 Å². The summed E-state index contributed by atoms with van der Waals surface area (Å²) in [5.41, 5.74) is -1.91. The number of nitrogens with zero attached hydrogens (tertiary/aromatic N) is 2. The molecule has 2 aromatic rings. The molecule has 1 amide bonds. The van der Waals surface area contributed by atoms with E-state index in [0.717, 1.165) is 63.6 Å². The number of benzene rings is 1. The maximum absolute atomic E-state index is 15.5. The van der Waals surface area contributed by atoms with Crippen LogP contribution in [0.2, 0.25) is 0 Å². The van der Waals surface area contributed by atoms with E-state index in [1.54, 1.807) is 0 Å². The van der Waals surface area contributed by atoms with E-state index in [1.807, 2.05) is 0 Å². The van der Waals surface area contributed by atoms with Gasteiger partial charge in [-0.05, 0) is 50.5 Å². The number of carbonyl (C=O) groups excluding carboxylic acids is 1. The number of halogens is 4. The predicted molar refractivity (Wildman–Crippen MR) is 135 cm³/mol. The van der Waals surface area contributed by atoms with Crippen LogP contribution in [-0.2, 0) is 11.0 Å². The van der Waals surface area contributed by atoms with Crippen LogP contribution in [0.25, 0.3) is 0 Å². The Balaban J connectivity index is 1.77. The zero-order valence-corrected chi connectivity index (χ0v) is 21.9. The second-order valence-electron chi connectivity index (χ2n) is 10.4. The third-order valence-corrected chi connectivity index (χ3v) is 7.67. The molecule has 7 nitrogen and oxygen atoms in total. The van der Waals surface area contributed by atoms with Gasteiger partial charge in [-0.2, -0.15) is 13.2 Å². The quantitative estimate of drug-likeness (QED) is 0.365. The number of amides is 1. The summed E-state index contributed by atoms with van der Waals surface area (Å²) < 4.78 is 66.7. The first kappa shape index (κ1) is 28.6. The minimum absolute atomic E-state index is 0.113. The number of rotatable bonds is 7. The summed E-state index contributed by atoms with van der Waals surface area (Å²) in [6.45, 7) is 2.12. The van der Waals surface area contributed by atoms with Gasteiger partial charge in [0.05, 0.1) is 18.4 Å². The van der Waals surface area contributed by atoms with Gasteiger partial charge >= 0.3 is 12.1 Å². The Hall–Kier alpha value is -3.37. The van der Waals surface area contributed by atoms with Crippen LogP contribution in [0.15, 0.2) is 24.4 Å². The fraction of sp³-hybridized carbons (Fsp3) is 0.536. The molecule has 0 radical (unpaired) electrons. The molecule has 1 aromatic heterocycles. The summed E-state index contributed by atoms with van der Waals surface area (Å²) >= 11 is 0. The fourth-order valence-corrected chi connectivity index (χ4v) is 5.57. The molecule has 39 heavy (non-hydrogen) atoms. The van der Waals surface area contributed by atoms with Gasteiger partial charge in [0.2, 0.25) is 11.8 Å². The van der Waals surface area contributed by atoms with E-state index in [-0.39, 0.29) is 23.6 Å². The molecular weight excluding hydrogens is 520 g/mol. The number of carboxylic acid groups (broad SMARTS) is 1. The van der Waals surface area contributed by atoms with Crippen molar-refractivity contribution in [3.05, 3.63) is 41.3 Å². The van der Waals surface area contributed by atoms with Gasteiger partial charge < -0.3 is 19.5 Å². The average Bonchev–Trinajstić information content (AvgIpc) is 2.90. The molecule has 2 aliphatic carbocycles. The van der Waals surface area contributed by atoms with Crippen LogP contribution in [0.5, 0.6) is 17.4 Å². The number of carboxylic acids is 1. The van der Waals surface area contributed by atoms with Crippen LogP contribution in [0.4, 0.5) is 23.2 Å². The number of hydrogen-bond donors (Lipinski definition) is 1. The van der Waals surface area contributed by atoms with Crippen molar-refractivity contribution in [2.45, 2.75) is 76.9 Å². The highest BCUT2D eigenvalue weighted by molar-refractivity contribution is 6.03. The summed E-state index contributed by atoms with van der Waals surface area (Å²) in [6, 6.07) is 2.38. The third kappa shape index (κ3) is 6.28. The van der Waals surface area contributed by atoms with Gasteiger partial charge in [0.15, 0.2) is 17.1 Å². The average molecular weight is 553 g/mol. The van der Waals surface area contributed by atoms with E-state index in [9.17, 15) is 27.9 Å². The summed E-state index contributed by atoms with van der Waals surface area (Å²) in [7, 11) is 1.04. The van der Waals surface area contributed by atoms with Gasteiger partial charge in [0, 0.05) is 30.3 Å². The number of carbonyl (C=O) groups is 2. The van der Waals surface area contributed by atoms with Gasteiger partial charge in [-0.15, -0.1) is 0 Å². The summed E-state index contributed by atoms with van der Waals surface area (Å²) in [4.78, 5) is 31.2. The number of aromatic nitrogens is 1. The molecule has 2 fully saturated rings. The van der Waals surface area contributed by atoms with Crippen molar-refractivity contribution < 1.29 is 41.7 Å². The normalized spacial score (nSPS) is 20.4. The zero-order chi connectivity index (χ0) is 28.3. The second kappa shape index (κ2) is 11.8. The minimum atomic E-state index is -4.94. The Labute approximate surface area is 224 Å². The summed E-state index contributed by atoms with van der Waals surface area (Å²) in [5, 5.41) is 10.1. The molecule has 4 rings (SSSR count). The smallest absolute Gasteiger partial charge is 0.425 e. The van der Waals surface area contributed by atoms with Crippen LogP contribution < -0.4 is 14.4 Å². The first-order valence-electron chi connectivity index (χ1n) is 13.2. The van der Waals surface area contributed by atoms with Gasteiger partial charge in [-0.3, -0.25) is 4.79 Å². The van der Waals surface area contributed by atoms with E-state index >= 15 is 4.39 Å². The number of aromatic carboxylic acids is 1. The molecule has 1 aromatic carbocycles. The predicted octanol–water partition coefficient (Wildman–Crippen LogP) is 7.23. The molecule has 1 N–H and O–H groups in total. The Morgan fingerprint density at radius 3 is 2.28 bits per heavy atom. The lowest BCUT2D eigenvalue weighted by molar-refractivity contribution is -0.140. The molecule has 0 saturated heterocycles. The molecule has 0 spiro atoms. The number of pyridine rings is 1. The van der Waals surface area contributed by atoms with Crippen LogP contribution in [-0.4, -0.2) is 35.1 Å². The van der Waals surface area contributed by atoms with Gasteiger partial charge in [-0.25, -0.2) is 14.2 Å². The van der Waals surface area contributed by atoms with Gasteiger partial charge in [0.1, 0.15) is 5.75 Å². The monoisotopic (exact) mass is 552 g/mol. The molecule has 11 heteroatoms. The first-order valence-corrected chi connectivity index (χ1v) is 13.2. The summed E-state index contributed by atoms with van der Waals surface area (Å²) in [5.74, 6) is -4.95. The van der Waals surface area contributed by atoms with Crippen molar-refractivity contribution in [3.63, 3.8) is 0 Å². The molecular formula is C28H32F4N2O5. The number of alkyl halides is 3. The van der Waals surface area contributed by atoms with Crippen molar-refractivity contribution in [2.75, 3.05) is 12.0 Å². The maximum Gasteiger partial charge on any atom is 0.425 e. The number of ether oxygens (including phenoxy) is 2. The molecule has 1 heterocycles. The van der Waals surface area contributed by atoms with Crippen LogP contribution in [0.3, 0.4) is 0 Å². The molecule has 2 aliphatic rings. The molecule has 212 valence electrons. The highest BCUT2D eigenvalue weighted by atomic mass is 19.4. The topological polar surface area (TPSA) is 89.0 Å². The molecule has 0 atom stereocenters. The summed E-state index contributed by atoms with van der Waals surface area (Å²) in [6.07, 6.45) is 3.12. The Bertz CT molecular complexity index is 1210. The van der Waals surface area contributed by atoms with Crippen molar-refractivity contribution in [1.29, 1.82) is 0 Å². The van der Waals surface area contributed by atoms with Gasteiger partial charge in [0.25, 0.3) is 0 Å². The zero-order valence-electron chi connectivity index (χ0n) is 21.9. The standard InChI is InChI=1S/C28H32F4N2O5/c1-16-8-10-17(11-9-16)26(35)34(18-6-4-3-5-7-18)21-15-20(29)23(14-19(21)27(36)37)39-25-24(28(30,31)32)22(38-2)12-13-33-25/h12-18H,3-11H2,1-2H3,(H,36,37). The third-order valence-electron chi connectivity index (χ3n) is 7.67. The molecule has 0 bridgehead atoms. The van der Waals surface area contributed by atoms with Crippen LogP contribution >= 0.6 is 0 Å². The second-order valence-corrected chi connectivity index (χ2v) is 10.4. The van der Waals surface area contributed by atoms with Crippen LogP contribution in [0, 0.1) is 17.7 Å². The molecule has 0 unspecified atom stereocenters. The number of methoxy groups -OCH3 is 1.